The van der Waals surface area contributed by atoms with Crippen molar-refractivity contribution < 1.29 is 37.4 Å². The van der Waals surface area contributed by atoms with E-state index in [4.69, 9.17) is 18.6 Å². The highest BCUT2D eigenvalue weighted by Gasteiger charge is 2.47. The number of amides is 1. The monoisotopic (exact) mass is 653 g/mol. The molecule has 0 radical (unpaired) electrons. The first-order valence-corrected chi connectivity index (χ1v) is 17.9. The average molecular weight is 654 g/mol. The van der Waals surface area contributed by atoms with Crippen LogP contribution in [0, 0.1) is 35.5 Å². The van der Waals surface area contributed by atoms with E-state index in [2.05, 4.69) is 0 Å². The van der Waals surface area contributed by atoms with Crippen LogP contribution < -0.4 is 0 Å². The predicted octanol–water partition coefficient (Wildman–Crippen LogP) is 6.96. The Morgan fingerprint density at radius 1 is 0.936 bits per heavy atom. The molecule has 4 fully saturated rings. The number of Topliss-reactive ketones (excluding diaryl/α,β-unsaturated/α-hetero) is 1. The largest absolute Gasteiger partial charge is 0.460 e. The molecule has 3 saturated carbocycles. The minimum Gasteiger partial charge on any atom is -0.460 e. The SMILES string of the molecule is COC1CCC([C@@H]2CCN(C(=O)C3CCC([C@H](C)CF)CC3)[C@@H]2C(=O)Cc2ccc3oc(C(=O)OCC4CC(OC)C4)cc3c2)CC1. The van der Waals surface area contributed by atoms with Crippen LogP contribution in [0.3, 0.4) is 0 Å². The second-order valence-corrected chi connectivity index (χ2v) is 14.9. The summed E-state index contributed by atoms with van der Waals surface area (Å²) in [5.74, 6) is 0.956. The van der Waals surface area contributed by atoms with Crippen molar-refractivity contribution in [2.75, 3.05) is 34.0 Å². The molecule has 0 spiro atoms. The van der Waals surface area contributed by atoms with Gasteiger partial charge in [-0.3, -0.25) is 14.0 Å². The van der Waals surface area contributed by atoms with E-state index in [1.165, 1.54) is 0 Å². The highest BCUT2D eigenvalue weighted by Crippen LogP contribution is 2.42. The van der Waals surface area contributed by atoms with Crippen LogP contribution in [-0.2, 0) is 30.2 Å². The van der Waals surface area contributed by atoms with Crippen LogP contribution in [-0.4, -0.2) is 74.9 Å². The van der Waals surface area contributed by atoms with Crippen molar-refractivity contribution in [3.8, 4) is 0 Å². The van der Waals surface area contributed by atoms with E-state index >= 15 is 0 Å². The van der Waals surface area contributed by atoms with E-state index in [-0.39, 0.29) is 60.5 Å². The average Bonchev–Trinajstić information content (AvgIpc) is 3.72. The number of hydrogen-bond donors (Lipinski definition) is 0. The van der Waals surface area contributed by atoms with Crippen molar-refractivity contribution in [1.29, 1.82) is 0 Å². The lowest BCUT2D eigenvalue weighted by molar-refractivity contribution is -0.143. The number of esters is 1. The molecule has 3 atom stereocenters. The number of alkyl halides is 1. The molecular formula is C38H52FNO7. The number of furan rings is 1. The van der Waals surface area contributed by atoms with Gasteiger partial charge in [0.2, 0.25) is 11.7 Å². The number of hydrogen-bond acceptors (Lipinski definition) is 7. The molecule has 8 nitrogen and oxygen atoms in total. The summed E-state index contributed by atoms with van der Waals surface area (Å²) in [4.78, 5) is 42.9. The van der Waals surface area contributed by atoms with Crippen molar-refractivity contribution in [3.05, 3.63) is 35.6 Å². The van der Waals surface area contributed by atoms with Crippen LogP contribution in [0.5, 0.6) is 0 Å². The number of nitrogens with zero attached hydrogens (tertiary/aromatic N) is 1. The molecule has 1 amide bonds. The van der Waals surface area contributed by atoms with Gasteiger partial charge < -0.3 is 23.5 Å². The highest BCUT2D eigenvalue weighted by atomic mass is 19.1. The number of ether oxygens (including phenoxy) is 3. The molecule has 0 N–H and O–H groups in total. The fraction of sp³-hybridized carbons (Fsp3) is 0.711. The number of fused-ring (bicyclic) bond motifs is 1. The summed E-state index contributed by atoms with van der Waals surface area (Å²) in [6.07, 6.45) is 10.6. The van der Waals surface area contributed by atoms with Crippen molar-refractivity contribution in [2.45, 2.75) is 102 Å². The van der Waals surface area contributed by atoms with Crippen LogP contribution in [0.1, 0.15) is 93.7 Å². The number of methoxy groups -OCH3 is 2. The van der Waals surface area contributed by atoms with E-state index in [1.54, 1.807) is 20.3 Å². The number of carbonyl (C=O) groups excluding carboxylic acids is 3. The number of carbonyl (C=O) groups is 3. The second-order valence-electron chi connectivity index (χ2n) is 14.9. The molecule has 6 rings (SSSR count). The topological polar surface area (TPSA) is 95.3 Å². The maximum Gasteiger partial charge on any atom is 0.374 e. The van der Waals surface area contributed by atoms with Crippen LogP contribution in [0.25, 0.3) is 11.0 Å². The summed E-state index contributed by atoms with van der Waals surface area (Å²) in [5, 5.41) is 0.749. The van der Waals surface area contributed by atoms with E-state index in [9.17, 15) is 18.8 Å². The summed E-state index contributed by atoms with van der Waals surface area (Å²) in [6, 6.07) is 6.85. The molecule has 0 bridgehead atoms. The summed E-state index contributed by atoms with van der Waals surface area (Å²) in [6.45, 7) is 2.61. The first-order valence-electron chi connectivity index (χ1n) is 17.9. The van der Waals surface area contributed by atoms with Gasteiger partial charge in [-0.25, -0.2) is 4.79 Å². The summed E-state index contributed by atoms with van der Waals surface area (Å²) in [7, 11) is 3.47. The van der Waals surface area contributed by atoms with E-state index in [1.807, 2.05) is 30.0 Å². The minimum atomic E-state index is -0.487. The zero-order valence-corrected chi connectivity index (χ0v) is 28.3. The van der Waals surface area contributed by atoms with Crippen LogP contribution in [0.15, 0.2) is 28.7 Å². The lowest BCUT2D eigenvalue weighted by Gasteiger charge is -2.37. The zero-order chi connectivity index (χ0) is 33.1. The normalized spacial score (nSPS) is 31.8. The molecule has 1 aromatic heterocycles. The van der Waals surface area contributed by atoms with E-state index in [0.29, 0.717) is 36.5 Å². The fourth-order valence-electron chi connectivity index (χ4n) is 8.89. The molecule has 2 heterocycles. The molecule has 1 aromatic carbocycles. The highest BCUT2D eigenvalue weighted by molar-refractivity contribution is 5.94. The molecule has 4 aliphatic rings. The Bertz CT molecular complexity index is 1390. The van der Waals surface area contributed by atoms with Gasteiger partial charge in [0.25, 0.3) is 0 Å². The van der Waals surface area contributed by atoms with Crippen molar-refractivity contribution in [1.82, 2.24) is 4.90 Å². The Labute approximate surface area is 278 Å². The summed E-state index contributed by atoms with van der Waals surface area (Å²) < 4.78 is 35.6. The first-order chi connectivity index (χ1) is 22.8. The van der Waals surface area contributed by atoms with Gasteiger partial charge in [0.15, 0.2) is 5.78 Å². The third-order valence-corrected chi connectivity index (χ3v) is 12.0. The molecule has 9 heteroatoms. The van der Waals surface area contributed by atoms with E-state index in [0.717, 1.165) is 81.6 Å². The molecular weight excluding hydrogens is 601 g/mol. The summed E-state index contributed by atoms with van der Waals surface area (Å²) in [5.41, 5.74) is 1.41. The third kappa shape index (κ3) is 7.61. The van der Waals surface area contributed by atoms with E-state index < -0.39 is 12.0 Å². The summed E-state index contributed by atoms with van der Waals surface area (Å²) >= 11 is 0. The number of ketones is 1. The Hall–Kier alpha value is -2.78. The van der Waals surface area contributed by atoms with Gasteiger partial charge in [-0.2, -0.15) is 0 Å². The molecule has 258 valence electrons. The predicted molar refractivity (Wildman–Crippen MR) is 176 cm³/mol. The standard InChI is InChI=1S/C38H52FNO7/c1-23(21-39)26-5-7-28(8-6-26)37(42)40-15-14-32(27-9-11-30(44-2)12-10-27)36(40)33(41)19-24-4-13-34-29(16-24)20-35(47-34)38(43)46-22-25-17-31(18-25)45-3/h4,13,16,20,23,25-28,30-32,36H,5-12,14-15,17-19,21-22H2,1-3H3/t23-,25?,26?,27?,28?,30?,31?,32+,36+/m1/s1. The van der Waals surface area contributed by atoms with Gasteiger partial charge in [-0.05, 0) is 124 Å². The van der Waals surface area contributed by atoms with Gasteiger partial charge in [0.05, 0.1) is 31.5 Å². The molecule has 47 heavy (non-hydrogen) atoms. The Balaban J connectivity index is 1.14. The van der Waals surface area contributed by atoms with Crippen LogP contribution in [0.2, 0.25) is 0 Å². The molecule has 0 unspecified atom stereocenters. The first kappa shape index (κ1) is 34.1. The quantitative estimate of drug-likeness (QED) is 0.229. The third-order valence-electron chi connectivity index (χ3n) is 12.0. The van der Waals surface area contributed by atoms with Gasteiger partial charge in [0.1, 0.15) is 5.58 Å². The molecule has 1 aliphatic heterocycles. The molecule has 2 aromatic rings. The van der Waals surface area contributed by atoms with Gasteiger partial charge in [-0.15, -0.1) is 0 Å². The van der Waals surface area contributed by atoms with Crippen molar-refractivity contribution >= 4 is 28.6 Å². The lowest BCUT2D eigenvalue weighted by Crippen LogP contribution is -2.48. The molecule has 3 aliphatic carbocycles. The Kier molecular flexibility index (Phi) is 11.0. The van der Waals surface area contributed by atoms with Crippen LogP contribution in [0.4, 0.5) is 4.39 Å². The number of halogens is 1. The fourth-order valence-corrected chi connectivity index (χ4v) is 8.89. The molecule has 1 saturated heterocycles. The second kappa shape index (κ2) is 15.2. The van der Waals surface area contributed by atoms with Gasteiger partial charge >= 0.3 is 5.97 Å². The Morgan fingerprint density at radius 3 is 2.34 bits per heavy atom. The Morgan fingerprint density at radius 2 is 1.66 bits per heavy atom. The van der Waals surface area contributed by atoms with Crippen LogP contribution >= 0.6 is 0 Å². The number of benzene rings is 1. The van der Waals surface area contributed by atoms with Crippen molar-refractivity contribution in [3.63, 3.8) is 0 Å². The maximum atomic E-state index is 14.3. The lowest BCUT2D eigenvalue weighted by atomic mass is 9.74. The zero-order valence-electron chi connectivity index (χ0n) is 28.3. The van der Waals surface area contributed by atoms with Gasteiger partial charge in [0, 0.05) is 38.5 Å². The minimum absolute atomic E-state index is 0.0320. The maximum absolute atomic E-state index is 14.3. The van der Waals surface area contributed by atoms with Gasteiger partial charge in [-0.1, -0.05) is 13.0 Å². The smallest absolute Gasteiger partial charge is 0.374 e. The number of rotatable bonds is 12. The number of likely N-dealkylation sites (tertiary alicyclic amines) is 1. The van der Waals surface area contributed by atoms with Crippen molar-refractivity contribution in [2.24, 2.45) is 35.5 Å².